The maximum absolute atomic E-state index is 11.5. The van der Waals surface area contributed by atoms with E-state index in [1.807, 2.05) is 0 Å². The Morgan fingerprint density at radius 1 is 1.33 bits per heavy atom. The Hall–Kier alpha value is -0.350. The molecule has 0 aliphatic rings. The summed E-state index contributed by atoms with van der Waals surface area (Å²) in [6, 6.07) is 0. The van der Waals surface area contributed by atoms with Crippen molar-refractivity contribution >= 4 is 0 Å². The van der Waals surface area contributed by atoms with Crippen molar-refractivity contribution in [3.63, 3.8) is 0 Å². The standard InChI is InChI=1S/C4H4F5/c5-2-1-4(8,9)3(6)7/h2-3H,1H2. The van der Waals surface area contributed by atoms with Gasteiger partial charge in [0, 0.05) is 0 Å². The molecule has 9 heavy (non-hydrogen) atoms. The van der Waals surface area contributed by atoms with Gasteiger partial charge in [-0.25, -0.2) is 22.0 Å². The number of hydrogen-bond donors (Lipinski definition) is 0. The summed E-state index contributed by atoms with van der Waals surface area (Å²) in [6.07, 6.45) is -5.31. The first kappa shape index (κ1) is 8.65. The molecule has 0 saturated carbocycles. The Morgan fingerprint density at radius 2 is 1.78 bits per heavy atom. The number of rotatable bonds is 3. The van der Waals surface area contributed by atoms with Gasteiger partial charge in [0.05, 0.1) is 6.42 Å². The normalized spacial score (nSPS) is 12.7. The van der Waals surface area contributed by atoms with Crippen molar-refractivity contribution in [3.05, 3.63) is 6.67 Å². The van der Waals surface area contributed by atoms with E-state index in [1.54, 1.807) is 0 Å². The zero-order valence-corrected chi connectivity index (χ0v) is 4.25. The van der Waals surface area contributed by atoms with Gasteiger partial charge in [-0.2, -0.15) is 0 Å². The average Bonchev–Trinajstić information content (AvgIpc) is 1.65. The highest BCUT2D eigenvalue weighted by Gasteiger charge is 2.40. The second-order valence-corrected chi connectivity index (χ2v) is 1.42. The lowest BCUT2D eigenvalue weighted by molar-refractivity contribution is -0.130. The van der Waals surface area contributed by atoms with Crippen molar-refractivity contribution in [3.8, 4) is 0 Å². The molecule has 0 aromatic carbocycles. The van der Waals surface area contributed by atoms with Gasteiger partial charge in [0.25, 0.3) is 0 Å². The van der Waals surface area contributed by atoms with Gasteiger partial charge < -0.3 is 0 Å². The molecule has 0 N–H and O–H groups in total. The van der Waals surface area contributed by atoms with Crippen LogP contribution in [0.15, 0.2) is 0 Å². The fourth-order valence-electron chi connectivity index (χ4n) is 0.192. The molecule has 0 rings (SSSR count). The van der Waals surface area contributed by atoms with Crippen LogP contribution in [0.25, 0.3) is 0 Å². The minimum atomic E-state index is -4.21. The Labute approximate surface area is 48.7 Å². The van der Waals surface area contributed by atoms with E-state index in [0.29, 0.717) is 0 Å². The highest BCUT2D eigenvalue weighted by Crippen LogP contribution is 2.27. The second-order valence-electron chi connectivity index (χ2n) is 1.42. The van der Waals surface area contributed by atoms with Crippen LogP contribution in [0.4, 0.5) is 22.0 Å². The molecule has 55 valence electrons. The summed E-state index contributed by atoms with van der Waals surface area (Å²) in [4.78, 5) is 0. The highest BCUT2D eigenvalue weighted by molar-refractivity contribution is 4.72. The van der Waals surface area contributed by atoms with Crippen LogP contribution in [-0.4, -0.2) is 12.3 Å². The third kappa shape index (κ3) is 2.62. The van der Waals surface area contributed by atoms with Crippen LogP contribution in [0.5, 0.6) is 0 Å². The van der Waals surface area contributed by atoms with Gasteiger partial charge in [-0.05, 0) is 0 Å². The Balaban J connectivity index is 3.70. The van der Waals surface area contributed by atoms with Crippen LogP contribution < -0.4 is 0 Å². The molecule has 0 fully saturated rings. The van der Waals surface area contributed by atoms with Crippen LogP contribution in [0.3, 0.4) is 0 Å². The number of alkyl halides is 4. The molecule has 0 amide bonds. The molecular weight excluding hydrogens is 143 g/mol. The predicted octanol–water partition coefficient (Wildman–Crippen LogP) is 2.41. The lowest BCUT2D eigenvalue weighted by Gasteiger charge is -2.11. The van der Waals surface area contributed by atoms with Crippen LogP contribution in [-0.2, 0) is 0 Å². The number of halogens is 5. The summed E-state index contributed by atoms with van der Waals surface area (Å²) in [7, 11) is 0. The van der Waals surface area contributed by atoms with E-state index in [9.17, 15) is 22.0 Å². The Kier molecular flexibility index (Phi) is 2.87. The van der Waals surface area contributed by atoms with E-state index in [1.165, 1.54) is 0 Å². The van der Waals surface area contributed by atoms with Crippen LogP contribution in [0, 0.1) is 6.67 Å². The summed E-state index contributed by atoms with van der Waals surface area (Å²) in [5, 5.41) is 0. The first-order chi connectivity index (χ1) is 4.00. The topological polar surface area (TPSA) is 0 Å². The minimum Gasteiger partial charge on any atom is -0.244 e. The minimum absolute atomic E-state index is 0.480. The van der Waals surface area contributed by atoms with Crippen molar-refractivity contribution in [1.82, 2.24) is 0 Å². The van der Waals surface area contributed by atoms with E-state index < -0.39 is 25.4 Å². The van der Waals surface area contributed by atoms with Crippen molar-refractivity contribution in [2.75, 3.05) is 0 Å². The zero-order chi connectivity index (χ0) is 7.49. The molecule has 0 saturated heterocycles. The molecule has 0 heterocycles. The van der Waals surface area contributed by atoms with Gasteiger partial charge in [0.2, 0.25) is 0 Å². The molecule has 0 unspecified atom stereocenters. The van der Waals surface area contributed by atoms with E-state index in [-0.39, 0.29) is 0 Å². The monoisotopic (exact) mass is 147 g/mol. The molecule has 0 nitrogen and oxygen atoms in total. The lowest BCUT2D eigenvalue weighted by Crippen LogP contribution is -2.25. The van der Waals surface area contributed by atoms with Crippen LogP contribution >= 0.6 is 0 Å². The quantitative estimate of drug-likeness (QED) is 0.537. The second kappa shape index (κ2) is 2.98. The largest absolute Gasteiger partial charge is 0.310 e. The van der Waals surface area contributed by atoms with Gasteiger partial charge in [-0.3, -0.25) is 0 Å². The Bertz CT molecular complexity index is 79.0. The molecule has 0 aromatic heterocycles. The maximum Gasteiger partial charge on any atom is 0.310 e. The maximum atomic E-state index is 11.5. The van der Waals surface area contributed by atoms with Gasteiger partial charge >= 0.3 is 12.3 Å². The molecular formula is C4H4F5. The molecule has 0 atom stereocenters. The van der Waals surface area contributed by atoms with Gasteiger partial charge in [0.15, 0.2) is 0 Å². The van der Waals surface area contributed by atoms with Crippen LogP contribution in [0.1, 0.15) is 6.42 Å². The fourth-order valence-corrected chi connectivity index (χ4v) is 0.192. The van der Waals surface area contributed by atoms with E-state index in [0.717, 1.165) is 0 Å². The SMILES string of the molecule is F[CH]CC(F)(F)C(F)F. The lowest BCUT2D eigenvalue weighted by atomic mass is 10.3. The molecule has 0 aliphatic carbocycles. The summed E-state index contributed by atoms with van der Waals surface area (Å²) in [5.74, 6) is -4.21. The molecule has 1 radical (unpaired) electrons. The van der Waals surface area contributed by atoms with E-state index >= 15 is 0 Å². The molecule has 0 spiro atoms. The molecule has 0 aromatic rings. The van der Waals surface area contributed by atoms with Crippen LogP contribution in [0.2, 0.25) is 0 Å². The van der Waals surface area contributed by atoms with Crippen molar-refractivity contribution in [2.45, 2.75) is 18.8 Å². The predicted molar refractivity (Wildman–Crippen MR) is 21.0 cm³/mol. The molecule has 0 aliphatic heterocycles. The number of hydrogen-bond acceptors (Lipinski definition) is 0. The van der Waals surface area contributed by atoms with Gasteiger partial charge in [-0.15, -0.1) is 0 Å². The third-order valence-corrected chi connectivity index (χ3v) is 0.669. The smallest absolute Gasteiger partial charge is 0.244 e. The molecule has 5 heteroatoms. The first-order valence-corrected chi connectivity index (χ1v) is 2.08. The summed E-state index contributed by atoms with van der Waals surface area (Å²) < 4.78 is 56.1. The van der Waals surface area contributed by atoms with E-state index in [4.69, 9.17) is 0 Å². The third-order valence-electron chi connectivity index (χ3n) is 0.669. The highest BCUT2D eigenvalue weighted by atomic mass is 19.3. The Morgan fingerprint density at radius 3 is 1.89 bits per heavy atom. The van der Waals surface area contributed by atoms with E-state index in [2.05, 4.69) is 0 Å². The van der Waals surface area contributed by atoms with Crippen molar-refractivity contribution in [1.29, 1.82) is 0 Å². The van der Waals surface area contributed by atoms with Crippen molar-refractivity contribution in [2.24, 2.45) is 0 Å². The summed E-state index contributed by atoms with van der Waals surface area (Å²) in [6.45, 7) is -0.480. The van der Waals surface area contributed by atoms with Gasteiger partial charge in [-0.1, -0.05) is 0 Å². The molecule has 0 bridgehead atoms. The van der Waals surface area contributed by atoms with Crippen molar-refractivity contribution < 1.29 is 22.0 Å². The summed E-state index contributed by atoms with van der Waals surface area (Å²) in [5.41, 5.74) is 0. The first-order valence-electron chi connectivity index (χ1n) is 2.08. The van der Waals surface area contributed by atoms with Gasteiger partial charge in [0.1, 0.15) is 6.67 Å². The summed E-state index contributed by atoms with van der Waals surface area (Å²) >= 11 is 0. The zero-order valence-electron chi connectivity index (χ0n) is 4.25. The average molecular weight is 147 g/mol. The fraction of sp³-hybridized carbons (Fsp3) is 0.750.